The molecule has 1 rings (SSSR count). The van der Waals surface area contributed by atoms with E-state index in [1.165, 1.54) is 0 Å². The van der Waals surface area contributed by atoms with Crippen LogP contribution in [0.25, 0.3) is 0 Å². The minimum Gasteiger partial charge on any atom is -0.385 e. The smallest absolute Gasteiger partial charge is 0.265 e. The van der Waals surface area contributed by atoms with E-state index >= 15 is 0 Å². The summed E-state index contributed by atoms with van der Waals surface area (Å²) in [6.07, 6.45) is -4.43. The van der Waals surface area contributed by atoms with Crippen LogP contribution in [0.3, 0.4) is 0 Å². The first-order chi connectivity index (χ1) is 6.59. The molecule has 1 unspecified atom stereocenters. The van der Waals surface area contributed by atoms with Crippen molar-refractivity contribution in [1.29, 1.82) is 0 Å². The quantitative estimate of drug-likeness (QED) is 0.760. The Morgan fingerprint density at radius 1 is 1.43 bits per heavy atom. The maximum absolute atomic E-state index is 11.9. The van der Waals surface area contributed by atoms with Gasteiger partial charge in [0.2, 0.25) is 0 Å². The molecular formula is C8H11F2N3O. The molecule has 0 saturated heterocycles. The van der Waals surface area contributed by atoms with Crippen LogP contribution in [0, 0.1) is 6.92 Å². The molecular weight excluding hydrogens is 192 g/mol. The summed E-state index contributed by atoms with van der Waals surface area (Å²) in [7, 11) is 0. The zero-order valence-electron chi connectivity index (χ0n) is 7.61. The van der Waals surface area contributed by atoms with Crippen molar-refractivity contribution in [3.05, 3.63) is 17.8 Å². The number of halogens is 2. The van der Waals surface area contributed by atoms with Gasteiger partial charge in [0.25, 0.3) is 6.43 Å². The number of aryl methyl sites for hydroxylation is 1. The Balaban J connectivity index is 2.42. The van der Waals surface area contributed by atoms with Crippen molar-refractivity contribution in [2.75, 3.05) is 11.9 Å². The normalized spacial score (nSPS) is 12.9. The first-order valence-electron chi connectivity index (χ1n) is 4.10. The molecule has 1 heterocycles. The SMILES string of the molecule is Cc1ccc(NCC(O)C(F)F)nn1. The number of aliphatic hydroxyl groups excluding tert-OH is 1. The molecule has 14 heavy (non-hydrogen) atoms. The van der Waals surface area contributed by atoms with Gasteiger partial charge in [-0.15, -0.1) is 5.10 Å². The molecule has 0 bridgehead atoms. The average Bonchev–Trinajstić information content (AvgIpc) is 2.16. The summed E-state index contributed by atoms with van der Waals surface area (Å²) in [5.74, 6) is 0.371. The second kappa shape index (κ2) is 4.80. The molecule has 0 amide bonds. The molecule has 0 fully saturated rings. The zero-order chi connectivity index (χ0) is 10.6. The fourth-order valence-electron chi connectivity index (χ4n) is 0.791. The van der Waals surface area contributed by atoms with Crippen LogP contribution in [0.5, 0.6) is 0 Å². The van der Waals surface area contributed by atoms with Gasteiger partial charge in [0.1, 0.15) is 11.9 Å². The number of nitrogens with one attached hydrogen (secondary N) is 1. The highest BCUT2D eigenvalue weighted by Crippen LogP contribution is 2.04. The summed E-state index contributed by atoms with van der Waals surface area (Å²) in [4.78, 5) is 0. The van der Waals surface area contributed by atoms with Gasteiger partial charge in [-0.3, -0.25) is 0 Å². The molecule has 2 N–H and O–H groups in total. The van der Waals surface area contributed by atoms with E-state index in [0.717, 1.165) is 5.69 Å². The number of alkyl halides is 2. The molecule has 0 aliphatic carbocycles. The number of aromatic nitrogens is 2. The van der Waals surface area contributed by atoms with Crippen LogP contribution in [-0.4, -0.2) is 34.4 Å². The van der Waals surface area contributed by atoms with Gasteiger partial charge < -0.3 is 10.4 Å². The minimum atomic E-state index is -2.75. The predicted molar refractivity (Wildman–Crippen MR) is 47.3 cm³/mol. The Hall–Kier alpha value is -1.30. The highest BCUT2D eigenvalue weighted by molar-refractivity contribution is 5.32. The van der Waals surface area contributed by atoms with E-state index in [2.05, 4.69) is 15.5 Å². The number of aliphatic hydroxyl groups is 1. The lowest BCUT2D eigenvalue weighted by Gasteiger charge is -2.10. The molecule has 4 nitrogen and oxygen atoms in total. The van der Waals surface area contributed by atoms with Gasteiger partial charge in [-0.2, -0.15) is 5.10 Å². The Morgan fingerprint density at radius 3 is 2.64 bits per heavy atom. The topological polar surface area (TPSA) is 58.0 Å². The van der Waals surface area contributed by atoms with E-state index < -0.39 is 12.5 Å². The fourth-order valence-corrected chi connectivity index (χ4v) is 0.791. The van der Waals surface area contributed by atoms with Crippen molar-refractivity contribution in [3.8, 4) is 0 Å². The molecule has 6 heteroatoms. The van der Waals surface area contributed by atoms with E-state index in [1.807, 2.05) is 0 Å². The Labute approximate surface area is 80.0 Å². The first kappa shape index (κ1) is 10.8. The molecule has 0 aliphatic heterocycles. The molecule has 0 radical (unpaired) electrons. The monoisotopic (exact) mass is 203 g/mol. The predicted octanol–water partition coefficient (Wildman–Crippen LogP) is 0.823. The summed E-state index contributed by atoms with van der Waals surface area (Å²) < 4.78 is 23.7. The van der Waals surface area contributed by atoms with Crippen LogP contribution in [0.4, 0.5) is 14.6 Å². The molecule has 0 saturated carbocycles. The van der Waals surface area contributed by atoms with Gasteiger partial charge in [-0.05, 0) is 19.1 Å². The third-order valence-electron chi connectivity index (χ3n) is 1.58. The van der Waals surface area contributed by atoms with Crippen molar-refractivity contribution < 1.29 is 13.9 Å². The van der Waals surface area contributed by atoms with Crippen LogP contribution in [0.1, 0.15) is 5.69 Å². The number of rotatable bonds is 4. The molecule has 0 aromatic carbocycles. The highest BCUT2D eigenvalue weighted by atomic mass is 19.3. The standard InChI is InChI=1S/C8H11F2N3O/c1-5-2-3-7(13-12-5)11-4-6(14)8(9)10/h2-3,6,8,14H,4H2,1H3,(H,11,13). The van der Waals surface area contributed by atoms with Gasteiger partial charge in [0.05, 0.1) is 5.69 Å². The molecule has 1 aromatic heterocycles. The average molecular weight is 203 g/mol. The van der Waals surface area contributed by atoms with Crippen molar-refractivity contribution >= 4 is 5.82 Å². The third kappa shape index (κ3) is 3.21. The lowest BCUT2D eigenvalue weighted by molar-refractivity contribution is 0.00380. The largest absolute Gasteiger partial charge is 0.385 e. The van der Waals surface area contributed by atoms with Crippen molar-refractivity contribution in [2.24, 2.45) is 0 Å². The van der Waals surface area contributed by atoms with Gasteiger partial charge in [-0.25, -0.2) is 8.78 Å². The summed E-state index contributed by atoms with van der Waals surface area (Å²) in [5.41, 5.74) is 0.741. The second-order valence-corrected chi connectivity index (χ2v) is 2.84. The van der Waals surface area contributed by atoms with E-state index in [0.29, 0.717) is 5.82 Å². The van der Waals surface area contributed by atoms with E-state index in [9.17, 15) is 8.78 Å². The molecule has 0 aliphatic rings. The van der Waals surface area contributed by atoms with Crippen LogP contribution < -0.4 is 5.32 Å². The van der Waals surface area contributed by atoms with E-state index in [4.69, 9.17) is 5.11 Å². The van der Waals surface area contributed by atoms with E-state index in [1.54, 1.807) is 19.1 Å². The summed E-state index contributed by atoms with van der Waals surface area (Å²) in [5, 5.41) is 18.7. The Morgan fingerprint density at radius 2 is 2.14 bits per heavy atom. The van der Waals surface area contributed by atoms with Crippen molar-refractivity contribution in [1.82, 2.24) is 10.2 Å². The van der Waals surface area contributed by atoms with Crippen LogP contribution >= 0.6 is 0 Å². The summed E-state index contributed by atoms with van der Waals surface area (Å²) in [6.45, 7) is 1.53. The Kier molecular flexibility index (Phi) is 3.70. The van der Waals surface area contributed by atoms with Crippen LogP contribution in [0.15, 0.2) is 12.1 Å². The number of hydrogen-bond donors (Lipinski definition) is 2. The lowest BCUT2D eigenvalue weighted by Crippen LogP contribution is -2.27. The second-order valence-electron chi connectivity index (χ2n) is 2.84. The highest BCUT2D eigenvalue weighted by Gasteiger charge is 2.16. The fraction of sp³-hybridized carbons (Fsp3) is 0.500. The minimum absolute atomic E-state index is 0.241. The van der Waals surface area contributed by atoms with Gasteiger partial charge in [0.15, 0.2) is 0 Å². The third-order valence-corrected chi connectivity index (χ3v) is 1.58. The van der Waals surface area contributed by atoms with Crippen LogP contribution in [0.2, 0.25) is 0 Å². The molecule has 1 atom stereocenters. The van der Waals surface area contributed by atoms with Crippen LogP contribution in [-0.2, 0) is 0 Å². The van der Waals surface area contributed by atoms with E-state index in [-0.39, 0.29) is 6.54 Å². The first-order valence-corrected chi connectivity index (χ1v) is 4.10. The maximum atomic E-state index is 11.9. The van der Waals surface area contributed by atoms with Crippen molar-refractivity contribution in [3.63, 3.8) is 0 Å². The lowest BCUT2D eigenvalue weighted by atomic mass is 10.3. The van der Waals surface area contributed by atoms with Gasteiger partial charge >= 0.3 is 0 Å². The molecule has 0 spiro atoms. The molecule has 1 aromatic rings. The zero-order valence-corrected chi connectivity index (χ0v) is 7.61. The number of anilines is 1. The van der Waals surface area contributed by atoms with Gasteiger partial charge in [0, 0.05) is 6.54 Å². The Bertz CT molecular complexity index is 278. The maximum Gasteiger partial charge on any atom is 0.265 e. The number of nitrogens with zero attached hydrogens (tertiary/aromatic N) is 2. The molecule has 78 valence electrons. The summed E-state index contributed by atoms with van der Waals surface area (Å²) in [6, 6.07) is 3.31. The van der Waals surface area contributed by atoms with Crippen molar-refractivity contribution in [2.45, 2.75) is 19.5 Å². The summed E-state index contributed by atoms with van der Waals surface area (Å²) >= 11 is 0. The van der Waals surface area contributed by atoms with Gasteiger partial charge in [-0.1, -0.05) is 0 Å². The number of hydrogen-bond acceptors (Lipinski definition) is 4.